The van der Waals surface area contributed by atoms with Crippen molar-refractivity contribution in [3.63, 3.8) is 0 Å². The predicted molar refractivity (Wildman–Crippen MR) is 152 cm³/mol. The number of hydrogen-bond acceptors (Lipinski definition) is 0. The molecule has 0 amide bonds. The van der Waals surface area contributed by atoms with E-state index in [1.165, 1.54) is 22.3 Å². The van der Waals surface area contributed by atoms with Crippen LogP contribution in [0.4, 0.5) is 0 Å². The number of alkyl halides is 2. The molecule has 0 aromatic heterocycles. The molecule has 2 unspecified atom stereocenters. The molecule has 0 spiro atoms. The number of halogens is 2. The third-order valence-corrected chi connectivity index (χ3v) is 10.4. The molecule has 4 heteroatoms. The summed E-state index contributed by atoms with van der Waals surface area (Å²) >= 11 is 15.8. The van der Waals surface area contributed by atoms with Crippen molar-refractivity contribution < 1.29 is 21.7 Å². The Hall–Kier alpha value is -2.13. The second-order valence-electron chi connectivity index (χ2n) is 9.27. The first-order valence-corrected chi connectivity index (χ1v) is 13.6. The normalized spacial score (nSPS) is 22.3. The maximum absolute atomic E-state index is 7.88. The molecule has 174 valence electrons. The molecule has 0 bridgehead atoms. The third-order valence-electron chi connectivity index (χ3n) is 7.31. The van der Waals surface area contributed by atoms with E-state index in [1.807, 2.05) is 0 Å². The molecule has 2 atom stereocenters. The van der Waals surface area contributed by atoms with E-state index in [0.717, 1.165) is 33.4 Å². The first-order chi connectivity index (χ1) is 16.9. The molecule has 2 aliphatic rings. The van der Waals surface area contributed by atoms with Crippen molar-refractivity contribution in [2.75, 3.05) is 0 Å². The fourth-order valence-corrected chi connectivity index (χ4v) is 9.73. The second-order valence-corrected chi connectivity index (χ2v) is 12.8. The van der Waals surface area contributed by atoms with E-state index in [1.54, 1.807) is 0 Å². The quantitative estimate of drug-likeness (QED) is 0.175. The molecule has 0 nitrogen and oxygen atoms in total. The van der Waals surface area contributed by atoms with Gasteiger partial charge in [-0.1, -0.05) is 109 Å². The summed E-state index contributed by atoms with van der Waals surface area (Å²) in [6, 6.07) is 38.2. The van der Waals surface area contributed by atoms with Gasteiger partial charge in [0.2, 0.25) is 0 Å². The minimum atomic E-state index is -0.748. The first kappa shape index (κ1) is 25.5. The smallest absolute Gasteiger partial charge is 0.113 e. The number of fused-ring (bicyclic) bond motifs is 2. The van der Waals surface area contributed by atoms with Crippen LogP contribution in [0.2, 0.25) is 0 Å². The third kappa shape index (κ3) is 3.76. The van der Waals surface area contributed by atoms with Crippen molar-refractivity contribution in [2.24, 2.45) is 0 Å². The fourth-order valence-electron chi connectivity index (χ4n) is 5.81. The van der Waals surface area contributed by atoms with Crippen LogP contribution in [0, 0.1) is 0 Å². The van der Waals surface area contributed by atoms with Gasteiger partial charge in [-0.3, -0.25) is 0 Å². The van der Waals surface area contributed by atoms with E-state index in [2.05, 4.69) is 123 Å². The van der Waals surface area contributed by atoms with Gasteiger partial charge in [0.1, 0.15) is 9.52 Å². The van der Waals surface area contributed by atoms with Crippen LogP contribution in [0.15, 0.2) is 109 Å². The van der Waals surface area contributed by atoms with E-state index in [9.17, 15) is 0 Å². The van der Waals surface area contributed by atoms with Gasteiger partial charge >= 0.3 is 0 Å². The van der Waals surface area contributed by atoms with Crippen LogP contribution in [0.3, 0.4) is 0 Å². The Morgan fingerprint density at radius 3 is 1.22 bits per heavy atom. The molecule has 0 fully saturated rings. The topological polar surface area (TPSA) is 0 Å². The summed E-state index contributed by atoms with van der Waals surface area (Å²) in [6.45, 7) is 4.39. The van der Waals surface area contributed by atoms with Crippen LogP contribution in [-0.4, -0.2) is 9.52 Å². The maximum atomic E-state index is 7.88. The molecule has 0 heterocycles. The van der Waals surface area contributed by atoms with Crippen molar-refractivity contribution in [3.05, 3.63) is 143 Å². The molecule has 36 heavy (non-hydrogen) atoms. The average Bonchev–Trinajstić information content (AvgIpc) is 3.24. The van der Waals surface area contributed by atoms with Gasteiger partial charge < -0.3 is 0 Å². The number of benzene rings is 4. The maximum Gasteiger partial charge on any atom is 0.119 e. The summed E-state index contributed by atoms with van der Waals surface area (Å²) in [6.07, 6.45) is 0. The Bertz CT molecular complexity index is 1390. The van der Waals surface area contributed by atoms with Gasteiger partial charge in [-0.15, -0.1) is 23.2 Å². The Balaban J connectivity index is 0.00000267. The number of rotatable bonds is 4. The zero-order valence-corrected chi connectivity index (χ0v) is 24.2. The summed E-state index contributed by atoms with van der Waals surface area (Å²) in [5, 5.41) is 0. The molecule has 2 radical (unpaired) electrons. The molecular weight excluding hydrogens is 531 g/mol. The molecule has 0 saturated heterocycles. The van der Waals surface area contributed by atoms with Crippen molar-refractivity contribution in [1.82, 2.24) is 0 Å². The summed E-state index contributed by atoms with van der Waals surface area (Å²) in [7, 11) is 0.178. The minimum Gasteiger partial charge on any atom is -0.113 e. The van der Waals surface area contributed by atoms with Crippen molar-refractivity contribution in [1.29, 1.82) is 0 Å². The van der Waals surface area contributed by atoms with Crippen molar-refractivity contribution in [3.8, 4) is 0 Å². The molecule has 6 rings (SSSR count). The van der Waals surface area contributed by atoms with Crippen LogP contribution in [0.25, 0.3) is 22.3 Å². The van der Waals surface area contributed by atoms with E-state index in [0.29, 0.717) is 0 Å². The van der Waals surface area contributed by atoms with Gasteiger partial charge in [-0.25, -0.2) is 0 Å². The van der Waals surface area contributed by atoms with Crippen molar-refractivity contribution in [2.45, 2.75) is 22.8 Å². The minimum absolute atomic E-state index is 0. The standard InChI is InChI=1S/C32H24Cl2Si.Ti/c1-21-25-17-9-11-19-27(25)31(33,29(21)23-13-5-3-6-14-23)35-32(34)28-20-12-10-18-26(28)22(2)30(32)24-15-7-4-8-16-24;/h3-20H,1-2H3;. The second kappa shape index (κ2) is 9.63. The average molecular weight is 555 g/mol. The Morgan fingerprint density at radius 1 is 0.500 bits per heavy atom. The molecule has 4 aromatic carbocycles. The summed E-state index contributed by atoms with van der Waals surface area (Å²) in [4.78, 5) is 0. The van der Waals surface area contributed by atoms with Gasteiger partial charge in [0.25, 0.3) is 0 Å². The number of hydrogen-bond donors (Lipinski definition) is 0. The molecule has 2 aliphatic carbocycles. The van der Waals surface area contributed by atoms with E-state index in [4.69, 9.17) is 23.2 Å². The summed E-state index contributed by atoms with van der Waals surface area (Å²) in [5.41, 5.74) is 11.8. The van der Waals surface area contributed by atoms with Crippen LogP contribution >= 0.6 is 23.2 Å². The largest absolute Gasteiger partial charge is 0.119 e. The van der Waals surface area contributed by atoms with Crippen LogP contribution in [0.5, 0.6) is 0 Å². The van der Waals surface area contributed by atoms with E-state index < -0.39 is 8.99 Å². The van der Waals surface area contributed by atoms with Crippen LogP contribution in [0.1, 0.15) is 47.2 Å². The van der Waals surface area contributed by atoms with Gasteiger partial charge in [-0.05, 0) is 69.5 Å². The fraction of sp³-hybridized carbons (Fsp3) is 0.125. The molecule has 0 N–H and O–H groups in total. The van der Waals surface area contributed by atoms with Crippen LogP contribution in [-0.2, 0) is 30.7 Å². The van der Waals surface area contributed by atoms with Crippen LogP contribution < -0.4 is 0 Å². The Labute approximate surface area is 240 Å². The zero-order valence-electron chi connectivity index (χ0n) is 20.1. The van der Waals surface area contributed by atoms with Gasteiger partial charge in [-0.2, -0.15) is 0 Å². The molecule has 4 aromatic rings. The molecule has 0 aliphatic heterocycles. The van der Waals surface area contributed by atoms with E-state index >= 15 is 0 Å². The first-order valence-electron chi connectivity index (χ1n) is 11.9. The zero-order chi connectivity index (χ0) is 24.2. The van der Waals surface area contributed by atoms with Crippen molar-refractivity contribution >= 4 is 55.0 Å². The summed E-state index contributed by atoms with van der Waals surface area (Å²) in [5.74, 6) is 0. The SMILES string of the molecule is CC1=C(c2ccccc2)C(Cl)([Si]C2(Cl)C(c3ccccc3)=C(C)c3ccccc32)c2ccccc21.[Ti]. The van der Waals surface area contributed by atoms with Gasteiger partial charge in [0.05, 0.1) is 8.99 Å². The predicted octanol–water partition coefficient (Wildman–Crippen LogP) is 8.76. The summed E-state index contributed by atoms with van der Waals surface area (Å²) < 4.78 is -1.50. The Morgan fingerprint density at radius 2 is 0.833 bits per heavy atom. The molecular formula is C32H24Cl2SiTi. The van der Waals surface area contributed by atoms with Gasteiger partial charge in [0, 0.05) is 21.7 Å². The Kier molecular flexibility index (Phi) is 6.83. The van der Waals surface area contributed by atoms with E-state index in [-0.39, 0.29) is 31.2 Å². The number of allylic oxidation sites excluding steroid dienone is 4. The van der Waals surface area contributed by atoms with Gasteiger partial charge in [0.15, 0.2) is 0 Å². The molecule has 0 saturated carbocycles. The monoisotopic (exact) mass is 554 g/mol.